The first-order valence-electron chi connectivity index (χ1n) is 7.41. The summed E-state index contributed by atoms with van der Waals surface area (Å²) in [5, 5.41) is 13.2. The zero-order chi connectivity index (χ0) is 17.1. The second-order valence-corrected chi connectivity index (χ2v) is 6.95. The average Bonchev–Trinajstić information content (AvgIpc) is 3.06. The van der Waals surface area contributed by atoms with Crippen LogP contribution >= 0.6 is 34.5 Å². The van der Waals surface area contributed by atoms with Gasteiger partial charge in [-0.2, -0.15) is 0 Å². The van der Waals surface area contributed by atoms with Crippen molar-refractivity contribution in [2.75, 3.05) is 29.7 Å². The summed E-state index contributed by atoms with van der Waals surface area (Å²) < 4.78 is 0. The fourth-order valence-electron chi connectivity index (χ4n) is 2.80. The number of nitro groups is 1. The summed E-state index contributed by atoms with van der Waals surface area (Å²) >= 11 is 13.7. The molecule has 24 heavy (non-hydrogen) atoms. The molecule has 126 valence electrons. The zero-order valence-electron chi connectivity index (χ0n) is 12.7. The summed E-state index contributed by atoms with van der Waals surface area (Å²) in [5.74, 6) is 0.854. The van der Waals surface area contributed by atoms with Crippen molar-refractivity contribution in [1.29, 1.82) is 0 Å². The van der Waals surface area contributed by atoms with Crippen molar-refractivity contribution in [3.05, 3.63) is 56.3 Å². The van der Waals surface area contributed by atoms with E-state index in [1.165, 1.54) is 6.07 Å². The van der Waals surface area contributed by atoms with Crippen LogP contribution in [0.3, 0.4) is 0 Å². The number of alkyl halides is 2. The number of fused-ring (bicyclic) bond motifs is 1. The van der Waals surface area contributed by atoms with Crippen LogP contribution < -0.4 is 4.90 Å². The molecule has 0 aliphatic carbocycles. The van der Waals surface area contributed by atoms with Gasteiger partial charge in [-0.1, -0.05) is 6.07 Å². The minimum Gasteiger partial charge on any atom is -0.364 e. The largest absolute Gasteiger partial charge is 0.364 e. The van der Waals surface area contributed by atoms with E-state index in [9.17, 15) is 10.1 Å². The van der Waals surface area contributed by atoms with E-state index in [0.717, 1.165) is 21.8 Å². The average molecular weight is 384 g/mol. The molecule has 0 amide bonds. The van der Waals surface area contributed by atoms with Gasteiger partial charge in [0.15, 0.2) is 0 Å². The van der Waals surface area contributed by atoms with Crippen LogP contribution in [-0.2, 0) is 0 Å². The molecule has 1 aliphatic heterocycles. The van der Waals surface area contributed by atoms with Gasteiger partial charge in [0.25, 0.3) is 5.69 Å². The number of hydrogen-bond donors (Lipinski definition) is 0. The van der Waals surface area contributed by atoms with Gasteiger partial charge in [-0.25, -0.2) is 0 Å². The highest BCUT2D eigenvalue weighted by Gasteiger charge is 2.28. The molecule has 5 nitrogen and oxygen atoms in total. The molecule has 1 aliphatic rings. The van der Waals surface area contributed by atoms with Crippen molar-refractivity contribution in [3.8, 4) is 0 Å². The number of non-ortho nitro benzene ring substituents is 1. The second-order valence-electron chi connectivity index (χ2n) is 5.32. The quantitative estimate of drug-likeness (QED) is 0.442. The Hall–Kier alpha value is -1.63. The Morgan fingerprint density at radius 1 is 1.38 bits per heavy atom. The fourth-order valence-corrected chi connectivity index (χ4v) is 4.00. The third kappa shape index (κ3) is 3.27. The van der Waals surface area contributed by atoms with Crippen LogP contribution in [-0.4, -0.2) is 41.5 Å². The lowest BCUT2D eigenvalue weighted by molar-refractivity contribution is -0.384. The lowest BCUT2D eigenvalue weighted by Gasteiger charge is -2.30. The van der Waals surface area contributed by atoms with Crippen molar-refractivity contribution in [2.45, 2.75) is 6.04 Å². The van der Waals surface area contributed by atoms with Gasteiger partial charge >= 0.3 is 0 Å². The molecular formula is C16H15Cl2N3O2S. The van der Waals surface area contributed by atoms with E-state index in [0.29, 0.717) is 24.8 Å². The highest BCUT2D eigenvalue weighted by Crippen LogP contribution is 2.33. The molecule has 1 aromatic carbocycles. The lowest BCUT2D eigenvalue weighted by atomic mass is 10.0. The number of benzene rings is 1. The Kier molecular flexibility index (Phi) is 5.38. The fraction of sp³-hybridized carbons (Fsp3) is 0.312. The molecule has 1 aromatic heterocycles. The first kappa shape index (κ1) is 17.2. The first-order chi connectivity index (χ1) is 11.7. The Morgan fingerprint density at radius 3 is 2.83 bits per heavy atom. The van der Waals surface area contributed by atoms with Gasteiger partial charge in [0.2, 0.25) is 0 Å². The molecule has 3 rings (SSSR count). The first-order valence-corrected chi connectivity index (χ1v) is 9.36. The summed E-state index contributed by atoms with van der Waals surface area (Å²) in [4.78, 5) is 18.6. The molecule has 2 aromatic rings. The maximum absolute atomic E-state index is 11.2. The van der Waals surface area contributed by atoms with Crippen LogP contribution in [0.5, 0.6) is 0 Å². The van der Waals surface area contributed by atoms with Crippen LogP contribution in [0.25, 0.3) is 0 Å². The summed E-state index contributed by atoms with van der Waals surface area (Å²) in [6, 6.07) is 8.80. The smallest absolute Gasteiger partial charge is 0.270 e. The van der Waals surface area contributed by atoms with E-state index >= 15 is 0 Å². The van der Waals surface area contributed by atoms with E-state index < -0.39 is 0 Å². The number of thiophene rings is 1. The Labute approximate surface area is 153 Å². The van der Waals surface area contributed by atoms with Crippen molar-refractivity contribution in [1.82, 2.24) is 0 Å². The van der Waals surface area contributed by atoms with Gasteiger partial charge in [0.05, 0.1) is 28.1 Å². The molecule has 8 heteroatoms. The number of hydrogen-bond acceptors (Lipinski definition) is 5. The highest BCUT2D eigenvalue weighted by atomic mass is 35.5. The molecule has 0 spiro atoms. The Balaban J connectivity index is 2.19. The minimum atomic E-state index is -0.387. The Morgan fingerprint density at radius 2 is 2.21 bits per heavy atom. The predicted octanol–water partition coefficient (Wildman–Crippen LogP) is 4.16. The SMILES string of the molecule is O=[N+]([O-])c1ccc2c(c1)C(c1cccs1)=NCC(CCl)N2CCCl. The van der Waals surface area contributed by atoms with Crippen LogP contribution in [0.15, 0.2) is 40.7 Å². The number of anilines is 1. The number of benzodiazepines with no additional fused rings is 1. The van der Waals surface area contributed by atoms with E-state index in [4.69, 9.17) is 28.2 Å². The predicted molar refractivity (Wildman–Crippen MR) is 100 cm³/mol. The molecule has 0 N–H and O–H groups in total. The normalized spacial score (nSPS) is 17.2. The summed E-state index contributed by atoms with van der Waals surface area (Å²) in [7, 11) is 0. The van der Waals surface area contributed by atoms with Crippen LogP contribution in [0.1, 0.15) is 10.4 Å². The van der Waals surface area contributed by atoms with Crippen LogP contribution in [0.4, 0.5) is 11.4 Å². The van der Waals surface area contributed by atoms with E-state index in [-0.39, 0.29) is 16.7 Å². The van der Waals surface area contributed by atoms with Gasteiger partial charge in [0.1, 0.15) is 0 Å². The summed E-state index contributed by atoms with van der Waals surface area (Å²) in [6.07, 6.45) is 0. The number of halogens is 2. The van der Waals surface area contributed by atoms with Gasteiger partial charge in [0, 0.05) is 41.7 Å². The van der Waals surface area contributed by atoms with E-state index in [1.807, 2.05) is 17.5 Å². The lowest BCUT2D eigenvalue weighted by Crippen LogP contribution is -2.40. The van der Waals surface area contributed by atoms with Crippen molar-refractivity contribution >= 4 is 51.6 Å². The maximum Gasteiger partial charge on any atom is 0.270 e. The molecule has 0 radical (unpaired) electrons. The van der Waals surface area contributed by atoms with Gasteiger partial charge in [-0.15, -0.1) is 34.5 Å². The van der Waals surface area contributed by atoms with Crippen LogP contribution in [0, 0.1) is 10.1 Å². The number of nitrogens with zero attached hydrogens (tertiary/aromatic N) is 3. The van der Waals surface area contributed by atoms with Gasteiger partial charge in [-0.3, -0.25) is 15.1 Å². The standard InChI is InChI=1S/C16H15Cl2N3O2S/c17-5-6-20-12(9-18)10-19-16(15-2-1-7-24-15)13-8-11(21(22)23)3-4-14(13)20/h1-4,7-8,12H,5-6,9-10H2. The molecule has 1 unspecified atom stereocenters. The molecule has 0 saturated carbocycles. The second kappa shape index (κ2) is 7.51. The van der Waals surface area contributed by atoms with Crippen molar-refractivity contribution in [2.24, 2.45) is 4.99 Å². The maximum atomic E-state index is 11.2. The summed E-state index contributed by atoms with van der Waals surface area (Å²) in [6.45, 7) is 1.13. The minimum absolute atomic E-state index is 0.00286. The molecular weight excluding hydrogens is 369 g/mol. The van der Waals surface area contributed by atoms with E-state index in [2.05, 4.69) is 4.90 Å². The summed E-state index contributed by atoms with van der Waals surface area (Å²) in [5.41, 5.74) is 2.46. The molecule has 2 heterocycles. The van der Waals surface area contributed by atoms with Crippen molar-refractivity contribution < 1.29 is 4.92 Å². The Bertz CT molecular complexity index is 765. The van der Waals surface area contributed by atoms with Gasteiger partial charge < -0.3 is 4.90 Å². The van der Waals surface area contributed by atoms with Crippen LogP contribution in [0.2, 0.25) is 0 Å². The van der Waals surface area contributed by atoms with E-state index in [1.54, 1.807) is 23.5 Å². The topological polar surface area (TPSA) is 58.7 Å². The monoisotopic (exact) mass is 383 g/mol. The van der Waals surface area contributed by atoms with Crippen molar-refractivity contribution in [3.63, 3.8) is 0 Å². The third-order valence-corrected chi connectivity index (χ3v) is 5.32. The number of rotatable bonds is 5. The number of nitro benzene ring substituents is 1. The number of aliphatic imine (C=N–C) groups is 1. The molecule has 0 fully saturated rings. The van der Waals surface area contributed by atoms with Gasteiger partial charge in [-0.05, 0) is 17.5 Å². The third-order valence-electron chi connectivity index (χ3n) is 3.91. The zero-order valence-corrected chi connectivity index (χ0v) is 15.0. The molecule has 1 atom stereocenters. The molecule has 0 saturated heterocycles. The molecule has 0 bridgehead atoms. The highest BCUT2D eigenvalue weighted by molar-refractivity contribution is 7.12.